The first kappa shape index (κ1) is 20.6. The minimum atomic E-state index is -0.462. The lowest BCUT2D eigenvalue weighted by Crippen LogP contribution is -2.19. The van der Waals surface area contributed by atoms with Gasteiger partial charge in [-0.1, -0.05) is 25.1 Å². The molecule has 152 valence electrons. The number of carbonyl (C=O) groups is 1. The Morgan fingerprint density at radius 2 is 1.90 bits per heavy atom. The molecular weight excluding hydrogens is 371 g/mol. The molecule has 5 nitrogen and oxygen atoms in total. The molecule has 1 atom stereocenters. The molecule has 2 aromatic carbocycles. The van der Waals surface area contributed by atoms with Gasteiger partial charge in [-0.25, -0.2) is 18.7 Å². The normalized spacial score (nSPS) is 11.9. The molecule has 0 saturated carbocycles. The monoisotopic (exact) mass is 396 g/mol. The van der Waals surface area contributed by atoms with Gasteiger partial charge in [-0.15, -0.1) is 0 Å². The van der Waals surface area contributed by atoms with Crippen molar-refractivity contribution in [3.63, 3.8) is 0 Å². The number of ether oxygens (including phenoxy) is 2. The van der Waals surface area contributed by atoms with E-state index in [4.69, 9.17) is 9.47 Å². The molecule has 0 aliphatic heterocycles. The summed E-state index contributed by atoms with van der Waals surface area (Å²) in [4.78, 5) is 16.9. The standard InChI is InChI=1S/C23H25FN2O3/c1-16-6-4-7-21(17(16)2)18(3)22-25-12-13-26(22)23(27)29-15-5-14-28-20-10-8-19(24)9-11-20/h4,6-13,18H,5,14-15H2,1-3H3/t18-/m0/s1. The zero-order valence-corrected chi connectivity index (χ0v) is 16.9. The maximum absolute atomic E-state index is 12.9. The number of hydrogen-bond donors (Lipinski definition) is 0. The summed E-state index contributed by atoms with van der Waals surface area (Å²) in [6, 6.07) is 12.0. The van der Waals surface area contributed by atoms with Gasteiger partial charge in [0.05, 0.1) is 13.2 Å². The van der Waals surface area contributed by atoms with Crippen molar-refractivity contribution in [2.24, 2.45) is 0 Å². The molecule has 0 amide bonds. The molecule has 0 spiro atoms. The van der Waals surface area contributed by atoms with Gasteiger partial charge in [0.2, 0.25) is 0 Å². The summed E-state index contributed by atoms with van der Waals surface area (Å²) in [6.07, 6.45) is 3.29. The highest BCUT2D eigenvalue weighted by atomic mass is 19.1. The molecule has 3 rings (SSSR count). The molecule has 0 fully saturated rings. The third-order valence-corrected chi connectivity index (χ3v) is 4.96. The number of nitrogens with zero attached hydrogens (tertiary/aromatic N) is 2. The molecular formula is C23H25FN2O3. The number of imidazole rings is 1. The van der Waals surface area contributed by atoms with Crippen molar-refractivity contribution in [3.8, 4) is 5.75 Å². The van der Waals surface area contributed by atoms with Crippen LogP contribution in [0.1, 0.15) is 41.8 Å². The molecule has 29 heavy (non-hydrogen) atoms. The Balaban J connectivity index is 1.55. The predicted molar refractivity (Wildman–Crippen MR) is 109 cm³/mol. The summed E-state index contributed by atoms with van der Waals surface area (Å²) >= 11 is 0. The molecule has 0 N–H and O–H groups in total. The maximum atomic E-state index is 12.9. The van der Waals surface area contributed by atoms with Crippen LogP contribution in [0.5, 0.6) is 5.75 Å². The van der Waals surface area contributed by atoms with E-state index >= 15 is 0 Å². The molecule has 0 unspecified atom stereocenters. The topological polar surface area (TPSA) is 53.4 Å². The second-order valence-corrected chi connectivity index (χ2v) is 6.94. The second-order valence-electron chi connectivity index (χ2n) is 6.94. The number of rotatable bonds is 7. The van der Waals surface area contributed by atoms with Gasteiger partial charge in [0.1, 0.15) is 17.4 Å². The Morgan fingerprint density at radius 1 is 1.14 bits per heavy atom. The van der Waals surface area contributed by atoms with Crippen molar-refractivity contribution >= 4 is 6.09 Å². The Hall–Kier alpha value is -3.15. The van der Waals surface area contributed by atoms with E-state index in [2.05, 4.69) is 31.0 Å². The summed E-state index contributed by atoms with van der Waals surface area (Å²) in [5, 5.41) is 0. The highest BCUT2D eigenvalue weighted by Gasteiger charge is 2.20. The largest absolute Gasteiger partial charge is 0.493 e. The summed E-state index contributed by atoms with van der Waals surface area (Å²) in [7, 11) is 0. The first-order chi connectivity index (χ1) is 14.0. The van der Waals surface area contributed by atoms with Crippen LogP contribution >= 0.6 is 0 Å². The molecule has 1 aromatic heterocycles. The Morgan fingerprint density at radius 3 is 2.66 bits per heavy atom. The number of aryl methyl sites for hydroxylation is 1. The molecule has 0 aliphatic carbocycles. The summed E-state index contributed by atoms with van der Waals surface area (Å²) in [5.74, 6) is 0.875. The molecule has 0 bridgehead atoms. The zero-order chi connectivity index (χ0) is 20.8. The third-order valence-electron chi connectivity index (χ3n) is 4.96. The highest BCUT2D eigenvalue weighted by Crippen LogP contribution is 2.27. The predicted octanol–water partition coefficient (Wildman–Crippen LogP) is 5.24. The molecule has 1 heterocycles. The zero-order valence-electron chi connectivity index (χ0n) is 16.9. The average Bonchev–Trinajstić information content (AvgIpc) is 3.20. The number of carbonyl (C=O) groups excluding carboxylic acids is 1. The lowest BCUT2D eigenvalue weighted by molar-refractivity contribution is 0.138. The minimum absolute atomic E-state index is 0.0424. The minimum Gasteiger partial charge on any atom is -0.493 e. The summed E-state index contributed by atoms with van der Waals surface area (Å²) in [6.45, 7) is 6.77. The van der Waals surface area contributed by atoms with Crippen LogP contribution in [0.15, 0.2) is 54.9 Å². The van der Waals surface area contributed by atoms with Gasteiger partial charge in [0, 0.05) is 24.7 Å². The first-order valence-corrected chi connectivity index (χ1v) is 9.62. The van der Waals surface area contributed by atoms with E-state index < -0.39 is 6.09 Å². The van der Waals surface area contributed by atoms with Gasteiger partial charge in [-0.05, 0) is 54.8 Å². The van der Waals surface area contributed by atoms with Crippen molar-refractivity contribution in [1.29, 1.82) is 0 Å². The van der Waals surface area contributed by atoms with E-state index in [1.54, 1.807) is 24.5 Å². The summed E-state index contributed by atoms with van der Waals surface area (Å²) < 4.78 is 25.2. The Kier molecular flexibility index (Phi) is 6.65. The Bertz CT molecular complexity index is 967. The maximum Gasteiger partial charge on any atom is 0.419 e. The van der Waals surface area contributed by atoms with Gasteiger partial charge < -0.3 is 9.47 Å². The molecule has 0 saturated heterocycles. The van der Waals surface area contributed by atoms with Crippen LogP contribution < -0.4 is 4.74 Å². The number of halogens is 1. The van der Waals surface area contributed by atoms with Crippen molar-refractivity contribution in [2.75, 3.05) is 13.2 Å². The van der Waals surface area contributed by atoms with E-state index in [-0.39, 0.29) is 18.3 Å². The van der Waals surface area contributed by atoms with Crippen LogP contribution in [0.25, 0.3) is 0 Å². The van der Waals surface area contributed by atoms with E-state index in [0.717, 1.165) is 5.56 Å². The lowest BCUT2D eigenvalue weighted by Gasteiger charge is -2.17. The smallest absolute Gasteiger partial charge is 0.419 e. The highest BCUT2D eigenvalue weighted by molar-refractivity contribution is 5.71. The number of benzene rings is 2. The van der Waals surface area contributed by atoms with Gasteiger partial charge >= 0.3 is 6.09 Å². The second kappa shape index (κ2) is 9.37. The first-order valence-electron chi connectivity index (χ1n) is 9.62. The van der Waals surface area contributed by atoms with Crippen molar-refractivity contribution < 1.29 is 18.7 Å². The lowest BCUT2D eigenvalue weighted by atomic mass is 9.93. The fraction of sp³-hybridized carbons (Fsp3) is 0.304. The molecule has 0 radical (unpaired) electrons. The third kappa shape index (κ3) is 5.02. The Labute approximate surface area is 170 Å². The quantitative estimate of drug-likeness (QED) is 0.512. The van der Waals surface area contributed by atoms with Crippen LogP contribution in [0.4, 0.5) is 9.18 Å². The summed E-state index contributed by atoms with van der Waals surface area (Å²) in [5.41, 5.74) is 3.54. The average molecular weight is 396 g/mol. The van der Waals surface area contributed by atoms with Gasteiger partial charge in [-0.2, -0.15) is 0 Å². The fourth-order valence-electron chi connectivity index (χ4n) is 3.18. The van der Waals surface area contributed by atoms with Crippen molar-refractivity contribution in [3.05, 3.63) is 83.2 Å². The van der Waals surface area contributed by atoms with Crippen LogP contribution in [-0.4, -0.2) is 28.9 Å². The van der Waals surface area contributed by atoms with Gasteiger partial charge in [-0.3, -0.25) is 0 Å². The SMILES string of the molecule is Cc1cccc([C@H](C)c2nccn2C(=O)OCCCOc2ccc(F)cc2)c1C. The van der Waals surface area contributed by atoms with Crippen LogP contribution in [0, 0.1) is 19.7 Å². The van der Waals surface area contributed by atoms with E-state index in [1.807, 2.05) is 13.0 Å². The van der Waals surface area contributed by atoms with Crippen LogP contribution in [0.2, 0.25) is 0 Å². The van der Waals surface area contributed by atoms with Crippen molar-refractivity contribution in [1.82, 2.24) is 9.55 Å². The van der Waals surface area contributed by atoms with Gasteiger partial charge in [0.15, 0.2) is 0 Å². The van der Waals surface area contributed by atoms with E-state index in [9.17, 15) is 9.18 Å². The number of hydrogen-bond acceptors (Lipinski definition) is 4. The van der Waals surface area contributed by atoms with E-state index in [0.29, 0.717) is 24.6 Å². The van der Waals surface area contributed by atoms with Crippen LogP contribution in [0.3, 0.4) is 0 Å². The molecule has 6 heteroatoms. The van der Waals surface area contributed by atoms with Crippen LogP contribution in [-0.2, 0) is 4.74 Å². The van der Waals surface area contributed by atoms with Crippen molar-refractivity contribution in [2.45, 2.75) is 33.1 Å². The van der Waals surface area contributed by atoms with Gasteiger partial charge in [0.25, 0.3) is 0 Å². The number of aromatic nitrogens is 2. The van der Waals surface area contributed by atoms with E-state index in [1.165, 1.54) is 27.8 Å². The molecule has 0 aliphatic rings. The fourth-order valence-corrected chi connectivity index (χ4v) is 3.18. The molecule has 3 aromatic rings.